The van der Waals surface area contributed by atoms with E-state index in [9.17, 15) is 4.79 Å². The van der Waals surface area contributed by atoms with Gasteiger partial charge in [-0.2, -0.15) is 0 Å². The molecule has 10 atom stereocenters. The quantitative estimate of drug-likeness (QED) is 0.333. The number of likely N-dealkylation sites (tertiary alicyclic amines) is 1. The van der Waals surface area contributed by atoms with Crippen LogP contribution in [-0.4, -0.2) is 72.3 Å². The van der Waals surface area contributed by atoms with Crippen molar-refractivity contribution >= 4 is 5.97 Å². The zero-order valence-corrected chi connectivity index (χ0v) is 21.6. The second-order valence-corrected chi connectivity index (χ2v) is 14.1. The molecular formula is C30H44N2O3. The van der Waals surface area contributed by atoms with Crippen LogP contribution in [0.3, 0.4) is 0 Å². The van der Waals surface area contributed by atoms with E-state index in [1.807, 2.05) is 0 Å². The lowest BCUT2D eigenvalue weighted by molar-refractivity contribution is -0.147. The molecule has 2 saturated carbocycles. The lowest BCUT2D eigenvalue weighted by Crippen LogP contribution is -2.60. The summed E-state index contributed by atoms with van der Waals surface area (Å²) in [6, 6.07) is 1.37. The fourth-order valence-corrected chi connectivity index (χ4v) is 10.7. The number of nitrogens with zero attached hydrogens (tertiary/aromatic N) is 2. The van der Waals surface area contributed by atoms with Crippen molar-refractivity contribution in [3.05, 3.63) is 11.6 Å². The average Bonchev–Trinajstić information content (AvgIpc) is 3.55. The number of ether oxygens (including phenoxy) is 2. The zero-order chi connectivity index (χ0) is 23.4. The predicted molar refractivity (Wildman–Crippen MR) is 134 cm³/mol. The Morgan fingerprint density at radius 3 is 2.91 bits per heavy atom. The van der Waals surface area contributed by atoms with Crippen molar-refractivity contribution < 1.29 is 14.3 Å². The summed E-state index contributed by atoms with van der Waals surface area (Å²) < 4.78 is 12.3. The first kappa shape index (κ1) is 22.1. The van der Waals surface area contributed by atoms with Crippen LogP contribution in [0, 0.1) is 35.0 Å². The van der Waals surface area contributed by atoms with E-state index in [0.717, 1.165) is 50.4 Å². The molecular weight excluding hydrogens is 436 g/mol. The third-order valence-corrected chi connectivity index (χ3v) is 12.3. The van der Waals surface area contributed by atoms with Gasteiger partial charge in [-0.05, 0) is 100 Å². The normalized spacial score (nSPS) is 53.2. The second-order valence-electron chi connectivity index (χ2n) is 14.1. The summed E-state index contributed by atoms with van der Waals surface area (Å²) in [6.07, 6.45) is 16.9. The predicted octanol–water partition coefficient (Wildman–Crippen LogP) is 4.41. The summed E-state index contributed by atoms with van der Waals surface area (Å²) in [5.74, 6) is 2.70. The molecule has 0 amide bonds. The Morgan fingerprint density at radius 2 is 2.03 bits per heavy atom. The molecule has 0 radical (unpaired) electrons. The van der Waals surface area contributed by atoms with E-state index < -0.39 is 0 Å². The number of rotatable bonds is 2. The molecule has 0 N–H and O–H groups in total. The van der Waals surface area contributed by atoms with Crippen molar-refractivity contribution in [2.45, 2.75) is 101 Å². The topological polar surface area (TPSA) is 45.3 Å². The van der Waals surface area contributed by atoms with Crippen molar-refractivity contribution in [3.8, 4) is 0 Å². The molecule has 3 aliphatic carbocycles. The molecule has 7 fully saturated rings. The van der Waals surface area contributed by atoms with E-state index in [-0.39, 0.29) is 29.0 Å². The first-order valence-electron chi connectivity index (χ1n) is 15.1. The van der Waals surface area contributed by atoms with E-state index in [1.165, 1.54) is 70.9 Å². The monoisotopic (exact) mass is 480 g/mol. The van der Waals surface area contributed by atoms with Gasteiger partial charge in [0.1, 0.15) is 6.10 Å². The fourth-order valence-electron chi connectivity index (χ4n) is 10.7. The second kappa shape index (κ2) is 7.80. The Morgan fingerprint density at radius 1 is 1.11 bits per heavy atom. The lowest BCUT2D eigenvalue weighted by Gasteiger charge is -2.55. The minimum Gasteiger partial charge on any atom is -0.462 e. The van der Waals surface area contributed by atoms with Gasteiger partial charge in [0, 0.05) is 31.1 Å². The van der Waals surface area contributed by atoms with Crippen LogP contribution in [0.1, 0.15) is 77.6 Å². The van der Waals surface area contributed by atoms with Crippen LogP contribution >= 0.6 is 0 Å². The third kappa shape index (κ3) is 3.32. The number of carbonyl (C=O) groups is 1. The molecule has 5 aliphatic heterocycles. The molecule has 2 bridgehead atoms. The summed E-state index contributed by atoms with van der Waals surface area (Å²) >= 11 is 0. The Labute approximate surface area is 210 Å². The molecule has 1 spiro atoms. The van der Waals surface area contributed by atoms with Crippen LogP contribution in [-0.2, 0) is 14.3 Å². The van der Waals surface area contributed by atoms with Gasteiger partial charge in [-0.15, -0.1) is 0 Å². The molecule has 35 heavy (non-hydrogen) atoms. The molecule has 192 valence electrons. The highest BCUT2D eigenvalue weighted by molar-refractivity contribution is 5.75. The highest BCUT2D eigenvalue weighted by Crippen LogP contribution is 2.63. The highest BCUT2D eigenvalue weighted by atomic mass is 16.6. The first-order chi connectivity index (χ1) is 17.0. The Kier molecular flexibility index (Phi) is 4.93. The van der Waals surface area contributed by atoms with Crippen LogP contribution in [0.4, 0.5) is 0 Å². The Hall–Kier alpha value is -0.910. The molecule has 5 saturated heterocycles. The van der Waals surface area contributed by atoms with Gasteiger partial charge in [0.05, 0.1) is 18.1 Å². The SMILES string of the molecule is C[C@]12CCCC3(CO3)[C@@H]1C[C@@H]1C(CN3CCCC4=C[C@H]5C[C@@H](CN6CCCC[C@H]56)[C@@H]43)C(=O)O[C@@H]1C2. The van der Waals surface area contributed by atoms with Crippen LogP contribution in [0.2, 0.25) is 0 Å². The maximum atomic E-state index is 13.4. The molecule has 5 nitrogen and oxygen atoms in total. The first-order valence-corrected chi connectivity index (χ1v) is 15.1. The van der Waals surface area contributed by atoms with E-state index in [2.05, 4.69) is 22.8 Å². The van der Waals surface area contributed by atoms with Gasteiger partial charge in [0.2, 0.25) is 0 Å². The minimum absolute atomic E-state index is 0.0608. The van der Waals surface area contributed by atoms with Gasteiger partial charge < -0.3 is 9.47 Å². The number of epoxide rings is 1. The molecule has 8 aliphatic rings. The summed E-state index contributed by atoms with van der Waals surface area (Å²) in [5, 5.41) is 0. The van der Waals surface area contributed by atoms with Crippen molar-refractivity contribution in [2.24, 2.45) is 35.0 Å². The standard InChI is InChI=1S/C30H44N2O3/c1-29-8-5-9-30(18-34-30)26(29)14-22-23(28(33)35-25(22)15-29)17-32-11-4-6-19-12-20-13-21(27(19)32)16-31-10-3-2-7-24(20)31/h12,20-27H,2-11,13-18H2,1H3/t20-,21-,22+,23?,24+,25+,26+,27+,29+,30?/m0/s1. The van der Waals surface area contributed by atoms with Gasteiger partial charge in [0.25, 0.3) is 0 Å². The van der Waals surface area contributed by atoms with Gasteiger partial charge in [0.15, 0.2) is 0 Å². The van der Waals surface area contributed by atoms with Gasteiger partial charge in [-0.3, -0.25) is 14.6 Å². The van der Waals surface area contributed by atoms with E-state index in [1.54, 1.807) is 5.57 Å². The van der Waals surface area contributed by atoms with Crippen molar-refractivity contribution in [1.29, 1.82) is 0 Å². The van der Waals surface area contributed by atoms with Crippen molar-refractivity contribution in [3.63, 3.8) is 0 Å². The summed E-state index contributed by atoms with van der Waals surface area (Å²) in [5.41, 5.74) is 2.15. The Bertz CT molecular complexity index is 929. The van der Waals surface area contributed by atoms with Gasteiger partial charge in [-0.25, -0.2) is 0 Å². The van der Waals surface area contributed by atoms with Gasteiger partial charge >= 0.3 is 5.97 Å². The van der Waals surface area contributed by atoms with E-state index in [4.69, 9.17) is 9.47 Å². The zero-order valence-electron chi connectivity index (χ0n) is 21.6. The molecule has 5 heteroatoms. The molecule has 0 aromatic heterocycles. The summed E-state index contributed by atoms with van der Waals surface area (Å²) in [7, 11) is 0. The number of esters is 1. The van der Waals surface area contributed by atoms with Crippen LogP contribution in [0.25, 0.3) is 0 Å². The number of hydrogen-bond acceptors (Lipinski definition) is 5. The molecule has 5 heterocycles. The largest absolute Gasteiger partial charge is 0.462 e. The van der Waals surface area contributed by atoms with Crippen LogP contribution in [0.15, 0.2) is 11.6 Å². The van der Waals surface area contributed by atoms with E-state index >= 15 is 0 Å². The fraction of sp³-hybridized carbons (Fsp3) is 0.900. The smallest absolute Gasteiger partial charge is 0.310 e. The number of hydrogen-bond donors (Lipinski definition) is 0. The van der Waals surface area contributed by atoms with Crippen molar-refractivity contribution in [1.82, 2.24) is 9.80 Å². The lowest BCUT2D eigenvalue weighted by atomic mass is 9.53. The minimum atomic E-state index is 0.0608. The maximum Gasteiger partial charge on any atom is 0.310 e. The maximum absolute atomic E-state index is 13.4. The third-order valence-electron chi connectivity index (χ3n) is 12.3. The molecule has 0 aromatic rings. The van der Waals surface area contributed by atoms with E-state index in [0.29, 0.717) is 17.9 Å². The van der Waals surface area contributed by atoms with Crippen LogP contribution in [0.5, 0.6) is 0 Å². The molecule has 8 rings (SSSR count). The average molecular weight is 481 g/mol. The van der Waals surface area contributed by atoms with Gasteiger partial charge in [-0.1, -0.05) is 25.0 Å². The van der Waals surface area contributed by atoms with Crippen LogP contribution < -0.4 is 0 Å². The Balaban J connectivity index is 1.04. The number of fused-ring (bicyclic) bond motifs is 9. The molecule has 2 unspecified atom stereocenters. The van der Waals surface area contributed by atoms with Crippen molar-refractivity contribution in [2.75, 3.05) is 32.8 Å². The number of carbonyl (C=O) groups excluding carboxylic acids is 1. The summed E-state index contributed by atoms with van der Waals surface area (Å²) in [6.45, 7) is 8.07. The molecule has 0 aromatic carbocycles. The number of piperidine rings is 3. The summed E-state index contributed by atoms with van der Waals surface area (Å²) in [4.78, 5) is 19.0. The highest BCUT2D eigenvalue weighted by Gasteiger charge is 2.65.